The maximum atomic E-state index is 10.6. The fourth-order valence-corrected chi connectivity index (χ4v) is 2.24. The fourth-order valence-electron chi connectivity index (χ4n) is 2.00. The molecule has 5 nitrogen and oxygen atoms in total. The topological polar surface area (TPSA) is 75.4 Å². The van der Waals surface area contributed by atoms with Crippen molar-refractivity contribution >= 4 is 23.0 Å². The molecule has 0 saturated heterocycles. The fraction of sp³-hybridized carbons (Fsp3) is 0.538. The average Bonchev–Trinajstić information content (AvgIpc) is 2.25. The Labute approximate surface area is 117 Å². The van der Waals surface area contributed by atoms with Crippen LogP contribution >= 0.6 is 11.6 Å². The van der Waals surface area contributed by atoms with Gasteiger partial charge in [-0.2, -0.15) is 0 Å². The molecule has 1 aromatic carbocycles. The van der Waals surface area contributed by atoms with Gasteiger partial charge in [0.2, 0.25) is 0 Å². The highest BCUT2D eigenvalue weighted by Gasteiger charge is 2.22. The number of aliphatic hydroxyl groups is 1. The van der Waals surface area contributed by atoms with Gasteiger partial charge >= 0.3 is 0 Å². The van der Waals surface area contributed by atoms with Crippen LogP contribution in [-0.2, 0) is 0 Å². The van der Waals surface area contributed by atoms with Gasteiger partial charge in [-0.1, -0.05) is 25.4 Å². The van der Waals surface area contributed by atoms with E-state index in [4.69, 9.17) is 11.6 Å². The Bertz CT molecular complexity index is 461. The van der Waals surface area contributed by atoms with E-state index in [0.717, 1.165) is 0 Å². The van der Waals surface area contributed by atoms with E-state index in [0.29, 0.717) is 24.6 Å². The summed E-state index contributed by atoms with van der Waals surface area (Å²) in [7, 11) is 0. The second-order valence-electron chi connectivity index (χ2n) is 5.37. The van der Waals surface area contributed by atoms with Gasteiger partial charge in [0.25, 0.3) is 5.69 Å². The maximum Gasteiger partial charge on any atom is 0.271 e. The number of hydrogen-bond acceptors (Lipinski definition) is 4. The number of anilines is 1. The first-order chi connectivity index (χ1) is 8.71. The van der Waals surface area contributed by atoms with Crippen LogP contribution in [0.15, 0.2) is 18.2 Å². The van der Waals surface area contributed by atoms with E-state index in [9.17, 15) is 15.2 Å². The van der Waals surface area contributed by atoms with Gasteiger partial charge in [0.1, 0.15) is 0 Å². The molecule has 19 heavy (non-hydrogen) atoms. The average molecular weight is 287 g/mol. The Morgan fingerprint density at radius 3 is 2.63 bits per heavy atom. The van der Waals surface area contributed by atoms with E-state index in [1.165, 1.54) is 12.1 Å². The third-order valence-electron chi connectivity index (χ3n) is 2.67. The SMILES string of the molecule is CC(C)CC(C)(O)CNc1ccc([N+](=O)[O-])cc1Cl. The van der Waals surface area contributed by atoms with Gasteiger partial charge in [0, 0.05) is 18.7 Å². The quantitative estimate of drug-likeness (QED) is 0.620. The molecule has 0 aliphatic heterocycles. The van der Waals surface area contributed by atoms with Crippen LogP contribution in [0.4, 0.5) is 11.4 Å². The summed E-state index contributed by atoms with van der Waals surface area (Å²) >= 11 is 5.96. The highest BCUT2D eigenvalue weighted by atomic mass is 35.5. The summed E-state index contributed by atoms with van der Waals surface area (Å²) in [6.07, 6.45) is 0.657. The zero-order valence-electron chi connectivity index (χ0n) is 11.3. The van der Waals surface area contributed by atoms with Crippen LogP contribution in [0.3, 0.4) is 0 Å². The van der Waals surface area contributed by atoms with Crippen LogP contribution < -0.4 is 5.32 Å². The number of rotatable bonds is 6. The molecular formula is C13H19ClN2O3. The predicted octanol–water partition coefficient (Wildman–Crippen LogP) is 3.46. The number of nitrogens with zero attached hydrogens (tertiary/aromatic N) is 1. The monoisotopic (exact) mass is 286 g/mol. The van der Waals surface area contributed by atoms with E-state index in [2.05, 4.69) is 5.32 Å². The molecule has 1 unspecified atom stereocenters. The van der Waals surface area contributed by atoms with Crippen molar-refractivity contribution in [2.24, 2.45) is 5.92 Å². The summed E-state index contributed by atoms with van der Waals surface area (Å²) < 4.78 is 0. The molecule has 6 heteroatoms. The van der Waals surface area contributed by atoms with Crippen molar-refractivity contribution < 1.29 is 10.0 Å². The van der Waals surface area contributed by atoms with E-state index in [1.807, 2.05) is 13.8 Å². The smallest absolute Gasteiger partial charge is 0.271 e. The molecule has 1 aromatic rings. The molecule has 0 spiro atoms. The zero-order chi connectivity index (χ0) is 14.6. The molecule has 1 rings (SSSR count). The minimum atomic E-state index is -0.848. The van der Waals surface area contributed by atoms with Crippen molar-refractivity contribution in [1.82, 2.24) is 0 Å². The van der Waals surface area contributed by atoms with Crippen molar-refractivity contribution in [3.63, 3.8) is 0 Å². The molecule has 0 heterocycles. The van der Waals surface area contributed by atoms with E-state index in [1.54, 1.807) is 13.0 Å². The summed E-state index contributed by atoms with van der Waals surface area (Å²) in [5.41, 5.74) is -0.319. The van der Waals surface area contributed by atoms with Gasteiger partial charge in [-0.05, 0) is 25.3 Å². The van der Waals surface area contributed by atoms with Gasteiger partial charge in [0.15, 0.2) is 0 Å². The van der Waals surface area contributed by atoms with Crippen LogP contribution in [0, 0.1) is 16.0 Å². The van der Waals surface area contributed by atoms with Crippen LogP contribution in [0.5, 0.6) is 0 Å². The summed E-state index contributed by atoms with van der Waals surface area (Å²) in [6.45, 7) is 6.16. The van der Waals surface area contributed by atoms with Crippen LogP contribution in [-0.4, -0.2) is 22.2 Å². The number of nitro groups is 1. The minimum absolute atomic E-state index is 0.0514. The summed E-state index contributed by atoms with van der Waals surface area (Å²) in [5, 5.41) is 24.0. The number of nitrogens with one attached hydrogen (secondary N) is 1. The highest BCUT2D eigenvalue weighted by Crippen LogP contribution is 2.27. The summed E-state index contributed by atoms with van der Waals surface area (Å²) in [6, 6.07) is 4.22. The van der Waals surface area contributed by atoms with Gasteiger partial charge in [-0.15, -0.1) is 0 Å². The molecule has 0 fully saturated rings. The van der Waals surface area contributed by atoms with Crippen LogP contribution in [0.2, 0.25) is 5.02 Å². The van der Waals surface area contributed by atoms with Crippen molar-refractivity contribution in [3.05, 3.63) is 33.3 Å². The van der Waals surface area contributed by atoms with Crippen LogP contribution in [0.1, 0.15) is 27.2 Å². The first-order valence-corrected chi connectivity index (χ1v) is 6.49. The molecule has 2 N–H and O–H groups in total. The Kier molecular flexibility index (Phi) is 5.14. The third-order valence-corrected chi connectivity index (χ3v) is 2.98. The first kappa shape index (κ1) is 15.7. The first-order valence-electron chi connectivity index (χ1n) is 6.11. The second kappa shape index (κ2) is 6.21. The lowest BCUT2D eigenvalue weighted by atomic mass is 9.94. The molecule has 0 radical (unpaired) electrons. The standard InChI is InChI=1S/C13H19ClN2O3/c1-9(2)7-13(3,17)8-15-12-5-4-10(16(18)19)6-11(12)14/h4-6,9,15,17H,7-8H2,1-3H3. The molecule has 0 saturated carbocycles. The molecule has 0 aromatic heterocycles. The number of non-ortho nitro benzene ring substituents is 1. The largest absolute Gasteiger partial charge is 0.388 e. The lowest BCUT2D eigenvalue weighted by molar-refractivity contribution is -0.384. The normalized spacial score (nSPS) is 14.2. The molecule has 106 valence electrons. The van der Waals surface area contributed by atoms with Gasteiger partial charge in [0.05, 0.1) is 21.2 Å². The Morgan fingerprint density at radius 2 is 2.16 bits per heavy atom. The maximum absolute atomic E-state index is 10.6. The predicted molar refractivity (Wildman–Crippen MR) is 76.7 cm³/mol. The second-order valence-corrected chi connectivity index (χ2v) is 5.78. The van der Waals surface area contributed by atoms with Crippen molar-refractivity contribution in [2.45, 2.75) is 32.8 Å². The lowest BCUT2D eigenvalue weighted by Crippen LogP contribution is -2.34. The number of halogens is 1. The summed E-state index contributed by atoms with van der Waals surface area (Å²) in [4.78, 5) is 10.1. The summed E-state index contributed by atoms with van der Waals surface area (Å²) in [5.74, 6) is 0.379. The number of nitro benzene ring substituents is 1. The number of benzene rings is 1. The molecule has 0 amide bonds. The minimum Gasteiger partial charge on any atom is -0.388 e. The lowest BCUT2D eigenvalue weighted by Gasteiger charge is -2.26. The molecule has 0 aliphatic carbocycles. The van der Waals surface area contributed by atoms with E-state index >= 15 is 0 Å². The van der Waals surface area contributed by atoms with E-state index in [-0.39, 0.29) is 10.7 Å². The molecule has 0 aliphatic rings. The number of hydrogen-bond donors (Lipinski definition) is 2. The Morgan fingerprint density at radius 1 is 1.53 bits per heavy atom. The Balaban J connectivity index is 2.71. The highest BCUT2D eigenvalue weighted by molar-refractivity contribution is 6.33. The zero-order valence-corrected chi connectivity index (χ0v) is 12.1. The van der Waals surface area contributed by atoms with Crippen molar-refractivity contribution in [3.8, 4) is 0 Å². The van der Waals surface area contributed by atoms with E-state index < -0.39 is 10.5 Å². The van der Waals surface area contributed by atoms with Gasteiger partial charge in [-0.3, -0.25) is 10.1 Å². The van der Waals surface area contributed by atoms with Crippen molar-refractivity contribution in [2.75, 3.05) is 11.9 Å². The third kappa shape index (κ3) is 5.04. The van der Waals surface area contributed by atoms with Gasteiger partial charge < -0.3 is 10.4 Å². The Hall–Kier alpha value is -1.33. The van der Waals surface area contributed by atoms with Gasteiger partial charge in [-0.25, -0.2) is 0 Å². The molecule has 0 bridgehead atoms. The molecular weight excluding hydrogens is 268 g/mol. The van der Waals surface area contributed by atoms with Crippen LogP contribution in [0.25, 0.3) is 0 Å². The molecule has 1 atom stereocenters. The van der Waals surface area contributed by atoms with Crippen molar-refractivity contribution in [1.29, 1.82) is 0 Å².